The molecular formula is C9H14ClN5. The SMILES string of the molecule is CCN1CCN(c2cnnc(Cl)n2)CC1. The lowest BCUT2D eigenvalue weighted by molar-refractivity contribution is 0.270. The van der Waals surface area contributed by atoms with Crippen molar-refractivity contribution in [3.05, 3.63) is 11.5 Å². The summed E-state index contributed by atoms with van der Waals surface area (Å²) < 4.78 is 0. The van der Waals surface area contributed by atoms with Gasteiger partial charge in [-0.05, 0) is 18.1 Å². The maximum atomic E-state index is 5.70. The average Bonchev–Trinajstić information content (AvgIpc) is 2.29. The van der Waals surface area contributed by atoms with Crippen LogP contribution in [-0.4, -0.2) is 52.8 Å². The van der Waals surface area contributed by atoms with E-state index in [9.17, 15) is 0 Å². The van der Waals surface area contributed by atoms with Gasteiger partial charge in [0.15, 0.2) is 5.82 Å². The van der Waals surface area contributed by atoms with E-state index >= 15 is 0 Å². The van der Waals surface area contributed by atoms with Crippen LogP contribution in [0.15, 0.2) is 6.20 Å². The van der Waals surface area contributed by atoms with Crippen LogP contribution in [-0.2, 0) is 0 Å². The Bertz CT molecular complexity index is 324. The van der Waals surface area contributed by atoms with Crippen LogP contribution in [0.2, 0.25) is 5.28 Å². The van der Waals surface area contributed by atoms with E-state index in [2.05, 4.69) is 31.9 Å². The lowest BCUT2D eigenvalue weighted by Gasteiger charge is -2.34. The first-order valence-corrected chi connectivity index (χ1v) is 5.50. The lowest BCUT2D eigenvalue weighted by Crippen LogP contribution is -2.46. The number of anilines is 1. The molecule has 0 amide bonds. The van der Waals surface area contributed by atoms with E-state index in [0.29, 0.717) is 0 Å². The molecule has 6 heteroatoms. The number of piperazine rings is 1. The zero-order chi connectivity index (χ0) is 10.7. The van der Waals surface area contributed by atoms with Crippen molar-refractivity contribution in [1.29, 1.82) is 0 Å². The topological polar surface area (TPSA) is 45.2 Å². The van der Waals surface area contributed by atoms with Crippen LogP contribution in [0.3, 0.4) is 0 Å². The normalized spacial score (nSPS) is 18.1. The lowest BCUT2D eigenvalue weighted by atomic mass is 10.3. The van der Waals surface area contributed by atoms with Gasteiger partial charge in [-0.25, -0.2) is 0 Å². The number of rotatable bonds is 2. The average molecular weight is 228 g/mol. The van der Waals surface area contributed by atoms with Crippen molar-refractivity contribution in [2.45, 2.75) is 6.92 Å². The second-order valence-corrected chi connectivity index (χ2v) is 3.84. The third kappa shape index (κ3) is 2.54. The summed E-state index contributed by atoms with van der Waals surface area (Å²) in [6.07, 6.45) is 1.66. The van der Waals surface area contributed by atoms with Crippen LogP contribution >= 0.6 is 11.6 Å². The summed E-state index contributed by atoms with van der Waals surface area (Å²) in [5, 5.41) is 7.65. The minimum absolute atomic E-state index is 0.213. The molecule has 5 nitrogen and oxygen atoms in total. The fourth-order valence-corrected chi connectivity index (χ4v) is 1.85. The minimum Gasteiger partial charge on any atom is -0.353 e. The minimum atomic E-state index is 0.213. The zero-order valence-corrected chi connectivity index (χ0v) is 9.48. The summed E-state index contributed by atoms with van der Waals surface area (Å²) >= 11 is 5.70. The smallest absolute Gasteiger partial charge is 0.244 e. The number of nitrogens with zero attached hydrogens (tertiary/aromatic N) is 5. The molecule has 0 spiro atoms. The highest BCUT2D eigenvalue weighted by atomic mass is 35.5. The molecule has 15 heavy (non-hydrogen) atoms. The Hall–Kier alpha value is -0.940. The molecule has 2 heterocycles. The molecule has 0 aromatic carbocycles. The molecular weight excluding hydrogens is 214 g/mol. The van der Waals surface area contributed by atoms with E-state index < -0.39 is 0 Å². The Balaban J connectivity index is 2.01. The van der Waals surface area contributed by atoms with Crippen LogP contribution in [0.1, 0.15) is 6.92 Å². The summed E-state index contributed by atoms with van der Waals surface area (Å²) in [4.78, 5) is 8.74. The standard InChI is InChI=1S/C9H14ClN5/c1-2-14-3-5-15(6-4-14)8-7-11-13-9(10)12-8/h7H,2-6H2,1H3. The third-order valence-corrected chi connectivity index (χ3v) is 2.82. The summed E-state index contributed by atoms with van der Waals surface area (Å²) in [5.74, 6) is 0.825. The van der Waals surface area contributed by atoms with Gasteiger partial charge in [0.25, 0.3) is 0 Å². The molecule has 1 aromatic heterocycles. The second-order valence-electron chi connectivity index (χ2n) is 3.50. The van der Waals surface area contributed by atoms with Gasteiger partial charge in [-0.2, -0.15) is 10.1 Å². The van der Waals surface area contributed by atoms with E-state index in [0.717, 1.165) is 38.5 Å². The first-order chi connectivity index (χ1) is 7.29. The molecule has 0 N–H and O–H groups in total. The van der Waals surface area contributed by atoms with E-state index in [1.807, 2.05) is 0 Å². The summed E-state index contributed by atoms with van der Waals surface area (Å²) in [7, 11) is 0. The molecule has 82 valence electrons. The first-order valence-electron chi connectivity index (χ1n) is 5.12. The first kappa shape index (κ1) is 10.6. The highest BCUT2D eigenvalue weighted by Gasteiger charge is 2.17. The van der Waals surface area contributed by atoms with E-state index in [-0.39, 0.29) is 5.28 Å². The van der Waals surface area contributed by atoms with Gasteiger partial charge in [0, 0.05) is 26.2 Å². The van der Waals surface area contributed by atoms with Gasteiger partial charge in [-0.1, -0.05) is 6.92 Å². The van der Waals surface area contributed by atoms with Crippen LogP contribution in [0.5, 0.6) is 0 Å². The van der Waals surface area contributed by atoms with Crippen molar-refractivity contribution in [3.63, 3.8) is 0 Å². The molecule has 0 radical (unpaired) electrons. The molecule has 0 bridgehead atoms. The molecule has 0 unspecified atom stereocenters. The van der Waals surface area contributed by atoms with Crippen LogP contribution < -0.4 is 4.90 Å². The van der Waals surface area contributed by atoms with Crippen LogP contribution in [0, 0.1) is 0 Å². The van der Waals surface area contributed by atoms with E-state index in [1.54, 1.807) is 6.20 Å². The zero-order valence-electron chi connectivity index (χ0n) is 8.73. The van der Waals surface area contributed by atoms with Gasteiger partial charge in [0.1, 0.15) is 0 Å². The largest absolute Gasteiger partial charge is 0.353 e. The molecule has 2 rings (SSSR count). The summed E-state index contributed by atoms with van der Waals surface area (Å²) in [6, 6.07) is 0. The van der Waals surface area contributed by atoms with Gasteiger partial charge >= 0.3 is 0 Å². The summed E-state index contributed by atoms with van der Waals surface area (Å²) in [6.45, 7) is 7.37. The molecule has 1 aliphatic heterocycles. The van der Waals surface area contributed by atoms with Crippen molar-refractivity contribution in [3.8, 4) is 0 Å². The number of hydrogen-bond donors (Lipinski definition) is 0. The fraction of sp³-hybridized carbons (Fsp3) is 0.667. The van der Waals surface area contributed by atoms with Gasteiger partial charge in [0.2, 0.25) is 5.28 Å². The van der Waals surface area contributed by atoms with E-state index in [4.69, 9.17) is 11.6 Å². The van der Waals surface area contributed by atoms with Crippen molar-refractivity contribution >= 4 is 17.4 Å². The van der Waals surface area contributed by atoms with Crippen LogP contribution in [0.4, 0.5) is 5.82 Å². The molecule has 1 aliphatic rings. The predicted molar refractivity (Wildman–Crippen MR) is 59.2 cm³/mol. The Morgan fingerprint density at radius 3 is 2.67 bits per heavy atom. The van der Waals surface area contributed by atoms with Crippen molar-refractivity contribution in [1.82, 2.24) is 20.1 Å². The highest BCUT2D eigenvalue weighted by Crippen LogP contribution is 2.13. The van der Waals surface area contributed by atoms with Crippen molar-refractivity contribution in [2.24, 2.45) is 0 Å². The quantitative estimate of drug-likeness (QED) is 0.743. The highest BCUT2D eigenvalue weighted by molar-refractivity contribution is 6.28. The van der Waals surface area contributed by atoms with Crippen molar-refractivity contribution in [2.75, 3.05) is 37.6 Å². The van der Waals surface area contributed by atoms with Gasteiger partial charge in [-0.3, -0.25) is 0 Å². The third-order valence-electron chi connectivity index (χ3n) is 2.66. The molecule has 0 aliphatic carbocycles. The van der Waals surface area contributed by atoms with Gasteiger partial charge in [0.05, 0.1) is 6.20 Å². The molecule has 1 fully saturated rings. The van der Waals surface area contributed by atoms with Gasteiger partial charge < -0.3 is 9.80 Å². The van der Waals surface area contributed by atoms with E-state index in [1.165, 1.54) is 0 Å². The Morgan fingerprint density at radius 1 is 1.33 bits per heavy atom. The Kier molecular flexibility index (Phi) is 3.33. The number of hydrogen-bond acceptors (Lipinski definition) is 5. The number of aromatic nitrogens is 3. The predicted octanol–water partition coefficient (Wildman–Crippen LogP) is 0.667. The van der Waals surface area contributed by atoms with Crippen LogP contribution in [0.25, 0.3) is 0 Å². The monoisotopic (exact) mass is 227 g/mol. The maximum absolute atomic E-state index is 5.70. The Labute approximate surface area is 94.1 Å². The number of likely N-dealkylation sites (N-methyl/N-ethyl adjacent to an activating group) is 1. The molecule has 1 aromatic rings. The molecule has 0 saturated carbocycles. The Morgan fingerprint density at radius 2 is 2.07 bits per heavy atom. The summed E-state index contributed by atoms with van der Waals surface area (Å²) in [5.41, 5.74) is 0. The molecule has 0 atom stereocenters. The van der Waals surface area contributed by atoms with Gasteiger partial charge in [-0.15, -0.1) is 5.10 Å². The molecule has 1 saturated heterocycles. The number of halogens is 1. The second kappa shape index (κ2) is 4.72. The van der Waals surface area contributed by atoms with Crippen molar-refractivity contribution < 1.29 is 0 Å². The maximum Gasteiger partial charge on any atom is 0.244 e. The fourth-order valence-electron chi connectivity index (χ4n) is 1.72.